The van der Waals surface area contributed by atoms with Gasteiger partial charge in [0, 0.05) is 57.7 Å². The Morgan fingerprint density at radius 3 is 2.18 bits per heavy atom. The zero-order chi connectivity index (χ0) is 20.5. The Bertz CT molecular complexity index is 745. The SMILES string of the molecule is CCC(CC)C(=O)N1C[C@@H]2CN(C(=O)c3ccccc3)C[C@]2(C(=O)N(C)C)C1. The zero-order valence-corrected chi connectivity index (χ0v) is 17.4. The van der Waals surface area contributed by atoms with E-state index in [0.29, 0.717) is 31.7 Å². The van der Waals surface area contributed by atoms with Crippen LogP contribution in [-0.2, 0) is 9.59 Å². The van der Waals surface area contributed by atoms with Crippen LogP contribution in [-0.4, -0.2) is 72.7 Å². The molecule has 1 aromatic rings. The maximum atomic E-state index is 13.2. The van der Waals surface area contributed by atoms with Crippen LogP contribution >= 0.6 is 0 Å². The van der Waals surface area contributed by atoms with Crippen LogP contribution in [0.25, 0.3) is 0 Å². The molecule has 0 saturated carbocycles. The normalized spacial score (nSPS) is 23.8. The summed E-state index contributed by atoms with van der Waals surface area (Å²) in [5.41, 5.74) is -0.0600. The Morgan fingerprint density at radius 1 is 1.04 bits per heavy atom. The molecule has 3 rings (SSSR count). The summed E-state index contributed by atoms with van der Waals surface area (Å²) in [5.74, 6) is 0.103. The molecule has 2 saturated heterocycles. The van der Waals surface area contributed by atoms with Crippen LogP contribution in [0.3, 0.4) is 0 Å². The Hall–Kier alpha value is -2.37. The van der Waals surface area contributed by atoms with Crippen LogP contribution in [0.4, 0.5) is 0 Å². The molecule has 0 aromatic heterocycles. The fourth-order valence-corrected chi connectivity index (χ4v) is 4.79. The second-order valence-electron chi connectivity index (χ2n) is 8.34. The van der Waals surface area contributed by atoms with Gasteiger partial charge >= 0.3 is 0 Å². The summed E-state index contributed by atoms with van der Waals surface area (Å²) >= 11 is 0. The maximum Gasteiger partial charge on any atom is 0.253 e. The van der Waals surface area contributed by atoms with Crippen LogP contribution in [0, 0.1) is 17.3 Å². The lowest BCUT2D eigenvalue weighted by atomic mass is 9.79. The van der Waals surface area contributed by atoms with Crippen molar-refractivity contribution < 1.29 is 14.4 Å². The number of hydrogen-bond acceptors (Lipinski definition) is 3. The zero-order valence-electron chi connectivity index (χ0n) is 17.4. The minimum atomic E-state index is -0.699. The smallest absolute Gasteiger partial charge is 0.253 e. The van der Waals surface area contributed by atoms with Gasteiger partial charge in [-0.1, -0.05) is 32.0 Å². The van der Waals surface area contributed by atoms with Crippen molar-refractivity contribution >= 4 is 17.7 Å². The van der Waals surface area contributed by atoms with E-state index in [4.69, 9.17) is 0 Å². The minimum Gasteiger partial charge on any atom is -0.348 e. The molecule has 3 amide bonds. The number of carbonyl (C=O) groups is 3. The number of likely N-dealkylation sites (tertiary alicyclic amines) is 2. The van der Waals surface area contributed by atoms with E-state index < -0.39 is 5.41 Å². The van der Waals surface area contributed by atoms with Crippen molar-refractivity contribution in [3.05, 3.63) is 35.9 Å². The lowest BCUT2D eigenvalue weighted by molar-refractivity contribution is -0.140. The third kappa shape index (κ3) is 3.40. The van der Waals surface area contributed by atoms with Gasteiger partial charge in [-0.2, -0.15) is 0 Å². The molecule has 1 aromatic carbocycles. The molecule has 2 aliphatic heterocycles. The van der Waals surface area contributed by atoms with Crippen LogP contribution in [0.1, 0.15) is 37.0 Å². The number of benzene rings is 1. The first kappa shape index (κ1) is 20.4. The van der Waals surface area contributed by atoms with E-state index in [1.807, 2.05) is 36.9 Å². The quantitative estimate of drug-likeness (QED) is 0.780. The molecule has 2 atom stereocenters. The lowest BCUT2D eigenvalue weighted by Crippen LogP contribution is -2.48. The molecule has 0 aliphatic carbocycles. The van der Waals surface area contributed by atoms with E-state index in [-0.39, 0.29) is 29.6 Å². The van der Waals surface area contributed by atoms with Gasteiger partial charge in [0.05, 0.1) is 5.41 Å². The predicted octanol–water partition coefficient (Wildman–Crippen LogP) is 2.11. The van der Waals surface area contributed by atoms with Crippen molar-refractivity contribution in [1.82, 2.24) is 14.7 Å². The number of rotatable bonds is 5. The molecule has 6 nitrogen and oxygen atoms in total. The van der Waals surface area contributed by atoms with E-state index in [0.717, 1.165) is 12.8 Å². The molecular formula is C22H31N3O3. The molecule has 0 radical (unpaired) electrons. The van der Waals surface area contributed by atoms with Crippen LogP contribution in [0.5, 0.6) is 0 Å². The Labute approximate surface area is 167 Å². The molecule has 152 valence electrons. The summed E-state index contributed by atoms with van der Waals surface area (Å²) in [6, 6.07) is 9.19. The highest BCUT2D eigenvalue weighted by Gasteiger charge is 2.59. The van der Waals surface area contributed by atoms with Gasteiger partial charge in [0.15, 0.2) is 0 Å². The van der Waals surface area contributed by atoms with Crippen LogP contribution < -0.4 is 0 Å². The van der Waals surface area contributed by atoms with E-state index in [2.05, 4.69) is 0 Å². The first-order valence-electron chi connectivity index (χ1n) is 10.2. The van der Waals surface area contributed by atoms with Gasteiger partial charge in [-0.05, 0) is 25.0 Å². The van der Waals surface area contributed by atoms with Crippen LogP contribution in [0.15, 0.2) is 30.3 Å². The van der Waals surface area contributed by atoms with Gasteiger partial charge < -0.3 is 14.7 Å². The molecule has 2 fully saturated rings. The third-order valence-electron chi connectivity index (χ3n) is 6.40. The van der Waals surface area contributed by atoms with Gasteiger partial charge in [0.25, 0.3) is 5.91 Å². The number of carbonyl (C=O) groups excluding carboxylic acids is 3. The summed E-state index contributed by atoms with van der Waals surface area (Å²) < 4.78 is 0. The predicted molar refractivity (Wildman–Crippen MR) is 108 cm³/mol. The summed E-state index contributed by atoms with van der Waals surface area (Å²) in [4.78, 5) is 44.3. The van der Waals surface area contributed by atoms with E-state index >= 15 is 0 Å². The van der Waals surface area contributed by atoms with E-state index in [9.17, 15) is 14.4 Å². The van der Waals surface area contributed by atoms with Crippen molar-refractivity contribution in [3.63, 3.8) is 0 Å². The van der Waals surface area contributed by atoms with Crippen molar-refractivity contribution in [2.75, 3.05) is 40.3 Å². The van der Waals surface area contributed by atoms with Gasteiger partial charge in [-0.15, -0.1) is 0 Å². The van der Waals surface area contributed by atoms with Gasteiger partial charge in [-0.25, -0.2) is 0 Å². The Balaban J connectivity index is 1.84. The number of hydrogen-bond donors (Lipinski definition) is 0. The van der Waals surface area contributed by atoms with E-state index in [1.165, 1.54) is 0 Å². The average molecular weight is 386 g/mol. The molecule has 28 heavy (non-hydrogen) atoms. The van der Waals surface area contributed by atoms with Gasteiger partial charge in [-0.3, -0.25) is 14.4 Å². The molecule has 2 aliphatic rings. The maximum absolute atomic E-state index is 13.2. The van der Waals surface area contributed by atoms with Crippen LogP contribution in [0.2, 0.25) is 0 Å². The largest absolute Gasteiger partial charge is 0.348 e. The molecule has 0 N–H and O–H groups in total. The summed E-state index contributed by atoms with van der Waals surface area (Å²) in [7, 11) is 3.50. The average Bonchev–Trinajstić information content (AvgIpc) is 3.23. The molecule has 0 unspecified atom stereocenters. The second kappa shape index (κ2) is 7.94. The van der Waals surface area contributed by atoms with Gasteiger partial charge in [0.1, 0.15) is 0 Å². The highest BCUT2D eigenvalue weighted by molar-refractivity contribution is 5.96. The first-order valence-corrected chi connectivity index (χ1v) is 10.2. The first-order chi connectivity index (χ1) is 13.3. The second-order valence-corrected chi connectivity index (χ2v) is 8.34. The fourth-order valence-electron chi connectivity index (χ4n) is 4.79. The highest BCUT2D eigenvalue weighted by Crippen LogP contribution is 2.44. The molecule has 2 heterocycles. The molecular weight excluding hydrogens is 354 g/mol. The lowest BCUT2D eigenvalue weighted by Gasteiger charge is -2.31. The van der Waals surface area contributed by atoms with Crippen molar-refractivity contribution in [2.45, 2.75) is 26.7 Å². The van der Waals surface area contributed by atoms with Crippen molar-refractivity contribution in [2.24, 2.45) is 17.3 Å². The minimum absolute atomic E-state index is 0.00684. The third-order valence-corrected chi connectivity index (χ3v) is 6.40. The monoisotopic (exact) mass is 385 g/mol. The van der Waals surface area contributed by atoms with Gasteiger partial charge in [0.2, 0.25) is 11.8 Å². The molecule has 0 spiro atoms. The Morgan fingerprint density at radius 2 is 1.61 bits per heavy atom. The molecule has 6 heteroatoms. The number of nitrogens with zero attached hydrogens (tertiary/aromatic N) is 3. The summed E-state index contributed by atoms with van der Waals surface area (Å²) in [6.07, 6.45) is 1.62. The topological polar surface area (TPSA) is 60.9 Å². The standard InChI is InChI=1S/C22H31N3O3/c1-5-16(6-2)19(26)24-12-18-13-25(20(27)17-10-8-7-9-11-17)15-22(18,14-24)21(28)23(3)4/h7-11,16,18H,5-6,12-15H2,1-4H3/t18-,22-/m1/s1. The number of fused-ring (bicyclic) bond motifs is 1. The molecule has 0 bridgehead atoms. The van der Waals surface area contributed by atoms with Crippen molar-refractivity contribution in [3.8, 4) is 0 Å². The van der Waals surface area contributed by atoms with Crippen molar-refractivity contribution in [1.29, 1.82) is 0 Å². The summed E-state index contributed by atoms with van der Waals surface area (Å²) in [5, 5.41) is 0. The fraction of sp³-hybridized carbons (Fsp3) is 0.591. The summed E-state index contributed by atoms with van der Waals surface area (Å²) in [6.45, 7) is 5.90. The highest BCUT2D eigenvalue weighted by atomic mass is 16.2. The number of amides is 3. The Kier molecular flexibility index (Phi) is 5.77. The van der Waals surface area contributed by atoms with E-state index in [1.54, 1.807) is 36.0 Å².